The van der Waals surface area contributed by atoms with Gasteiger partial charge >= 0.3 is 6.18 Å². The summed E-state index contributed by atoms with van der Waals surface area (Å²) in [6.45, 7) is 5.16. The molecule has 0 unspecified atom stereocenters. The van der Waals surface area contributed by atoms with Crippen LogP contribution in [0.3, 0.4) is 0 Å². The molecule has 204 valence electrons. The van der Waals surface area contributed by atoms with Crippen LogP contribution in [0.15, 0.2) is 36.8 Å². The Morgan fingerprint density at radius 3 is 2.49 bits per heavy atom. The number of aromatic nitrogens is 6. The van der Waals surface area contributed by atoms with Crippen molar-refractivity contribution in [3.8, 4) is 11.1 Å². The van der Waals surface area contributed by atoms with Crippen LogP contribution in [0.5, 0.6) is 0 Å². The molecule has 0 N–H and O–H groups in total. The van der Waals surface area contributed by atoms with E-state index in [1.54, 1.807) is 28.8 Å². The van der Waals surface area contributed by atoms with E-state index < -0.39 is 11.9 Å². The van der Waals surface area contributed by atoms with Gasteiger partial charge in [0.2, 0.25) is 0 Å². The lowest BCUT2D eigenvalue weighted by molar-refractivity contribution is -0.141. The molecule has 0 spiro atoms. The largest absolute Gasteiger partial charge is 0.435 e. The molecule has 11 heteroatoms. The number of fused-ring (bicyclic) bond motifs is 1. The highest BCUT2D eigenvalue weighted by atomic mass is 19.4. The number of halogens is 3. The maximum atomic E-state index is 14.1. The standard InChI is InChI=1S/C28H30F3N7O/c1-4-38-16-24(25(34-38)28(29,30)31)22-12-18(14-36-10-8-32-26(36)19-5-6-19)13-23-21(22)7-9-37(27(23)39)15-20-11-17(2)33-35(20)3/h8,10-13,16,19H,4-7,9,14-15H2,1-3H3. The van der Waals surface area contributed by atoms with Crippen molar-refractivity contribution in [2.75, 3.05) is 6.54 Å². The van der Waals surface area contributed by atoms with Crippen LogP contribution in [-0.2, 0) is 39.3 Å². The topological polar surface area (TPSA) is 73.8 Å². The number of hydrogen-bond acceptors (Lipinski definition) is 4. The van der Waals surface area contributed by atoms with Gasteiger partial charge in [-0.1, -0.05) is 0 Å². The highest BCUT2D eigenvalue weighted by molar-refractivity contribution is 5.99. The van der Waals surface area contributed by atoms with Crippen molar-refractivity contribution in [2.24, 2.45) is 7.05 Å². The summed E-state index contributed by atoms with van der Waals surface area (Å²) in [5.41, 5.74) is 3.11. The summed E-state index contributed by atoms with van der Waals surface area (Å²) < 4.78 is 47.5. The van der Waals surface area contributed by atoms with Gasteiger partial charge in [-0.25, -0.2) is 4.98 Å². The number of rotatable bonds is 7. The van der Waals surface area contributed by atoms with E-state index in [9.17, 15) is 18.0 Å². The molecular weight excluding hydrogens is 507 g/mol. The van der Waals surface area contributed by atoms with Crippen LogP contribution in [0.1, 0.15) is 70.1 Å². The van der Waals surface area contributed by atoms with Gasteiger partial charge in [-0.3, -0.25) is 14.2 Å². The molecule has 0 radical (unpaired) electrons. The zero-order chi connectivity index (χ0) is 27.5. The molecule has 1 saturated carbocycles. The smallest absolute Gasteiger partial charge is 0.332 e. The van der Waals surface area contributed by atoms with Crippen LogP contribution in [0.4, 0.5) is 13.2 Å². The van der Waals surface area contributed by atoms with Gasteiger partial charge in [-0.15, -0.1) is 0 Å². The minimum atomic E-state index is -4.62. The lowest BCUT2D eigenvalue weighted by Crippen LogP contribution is -2.38. The minimum Gasteiger partial charge on any atom is -0.332 e. The first kappa shape index (κ1) is 25.4. The number of amides is 1. The van der Waals surface area contributed by atoms with Crippen LogP contribution in [0, 0.1) is 6.92 Å². The average molecular weight is 538 g/mol. The maximum Gasteiger partial charge on any atom is 0.435 e. The van der Waals surface area contributed by atoms with Gasteiger partial charge in [-0.2, -0.15) is 23.4 Å². The van der Waals surface area contributed by atoms with E-state index in [0.717, 1.165) is 35.6 Å². The molecule has 1 amide bonds. The number of aryl methyl sites for hydroxylation is 3. The second kappa shape index (κ2) is 9.39. The Labute approximate surface area is 224 Å². The fourth-order valence-corrected chi connectivity index (χ4v) is 5.54. The summed E-state index contributed by atoms with van der Waals surface area (Å²) in [7, 11) is 1.84. The molecule has 4 heterocycles. The molecule has 1 aliphatic heterocycles. The van der Waals surface area contributed by atoms with E-state index in [1.807, 2.05) is 36.9 Å². The third-order valence-corrected chi connectivity index (χ3v) is 7.60. The molecule has 1 fully saturated rings. The molecule has 39 heavy (non-hydrogen) atoms. The minimum absolute atomic E-state index is 0.0130. The Bertz CT molecular complexity index is 1560. The van der Waals surface area contributed by atoms with Gasteiger partial charge in [0.1, 0.15) is 5.82 Å². The van der Waals surface area contributed by atoms with Crippen LogP contribution in [0.25, 0.3) is 11.1 Å². The Morgan fingerprint density at radius 2 is 1.82 bits per heavy atom. The second-order valence-electron chi connectivity index (χ2n) is 10.5. The first-order valence-electron chi connectivity index (χ1n) is 13.2. The predicted molar refractivity (Wildman–Crippen MR) is 138 cm³/mol. The lowest BCUT2D eigenvalue weighted by atomic mass is 9.88. The zero-order valence-corrected chi connectivity index (χ0v) is 22.2. The quantitative estimate of drug-likeness (QED) is 0.334. The fourth-order valence-electron chi connectivity index (χ4n) is 5.54. The van der Waals surface area contributed by atoms with Crippen LogP contribution in [-0.4, -0.2) is 46.5 Å². The number of nitrogens with zero attached hydrogens (tertiary/aromatic N) is 7. The number of alkyl halides is 3. The van der Waals surface area contributed by atoms with Crippen molar-refractivity contribution in [1.29, 1.82) is 0 Å². The van der Waals surface area contributed by atoms with Crippen LogP contribution < -0.4 is 0 Å². The van der Waals surface area contributed by atoms with Crippen LogP contribution in [0.2, 0.25) is 0 Å². The molecule has 0 saturated heterocycles. The van der Waals surface area contributed by atoms with E-state index in [0.29, 0.717) is 55.2 Å². The summed E-state index contributed by atoms with van der Waals surface area (Å²) in [5.74, 6) is 1.20. The van der Waals surface area contributed by atoms with Gasteiger partial charge in [-0.05, 0) is 68.0 Å². The molecule has 3 aromatic heterocycles. The van der Waals surface area contributed by atoms with E-state index in [-0.39, 0.29) is 11.5 Å². The van der Waals surface area contributed by atoms with E-state index in [4.69, 9.17) is 0 Å². The lowest BCUT2D eigenvalue weighted by Gasteiger charge is -2.30. The van der Waals surface area contributed by atoms with E-state index in [2.05, 4.69) is 15.2 Å². The average Bonchev–Trinajstić information content (AvgIpc) is 3.30. The van der Waals surface area contributed by atoms with Crippen molar-refractivity contribution >= 4 is 5.91 Å². The van der Waals surface area contributed by atoms with Gasteiger partial charge in [0.05, 0.1) is 17.9 Å². The molecule has 4 aromatic rings. The Balaban J connectivity index is 1.46. The van der Waals surface area contributed by atoms with E-state index >= 15 is 0 Å². The molecule has 1 aromatic carbocycles. The van der Waals surface area contributed by atoms with Gasteiger partial charge < -0.3 is 9.47 Å². The summed E-state index contributed by atoms with van der Waals surface area (Å²) in [5, 5.41) is 8.23. The van der Waals surface area contributed by atoms with Crippen LogP contribution >= 0.6 is 0 Å². The highest BCUT2D eigenvalue weighted by Gasteiger charge is 2.39. The number of imidazole rings is 1. The number of carbonyl (C=O) groups is 1. The molecule has 2 aliphatic rings. The van der Waals surface area contributed by atoms with Crippen molar-refractivity contribution in [3.63, 3.8) is 0 Å². The maximum absolute atomic E-state index is 14.1. The van der Waals surface area contributed by atoms with Crippen molar-refractivity contribution < 1.29 is 18.0 Å². The van der Waals surface area contributed by atoms with Crippen molar-refractivity contribution in [1.82, 2.24) is 34.0 Å². The monoisotopic (exact) mass is 537 g/mol. The van der Waals surface area contributed by atoms with Gasteiger partial charge in [0.15, 0.2) is 5.69 Å². The van der Waals surface area contributed by atoms with Crippen molar-refractivity contribution in [2.45, 2.75) is 64.8 Å². The first-order valence-corrected chi connectivity index (χ1v) is 13.2. The molecule has 1 aliphatic carbocycles. The zero-order valence-electron chi connectivity index (χ0n) is 22.2. The fraction of sp³-hybridized carbons (Fsp3) is 0.429. The number of hydrogen-bond donors (Lipinski definition) is 0. The Hall–Kier alpha value is -3.89. The van der Waals surface area contributed by atoms with Gasteiger partial charge in [0.25, 0.3) is 5.91 Å². The van der Waals surface area contributed by atoms with E-state index in [1.165, 1.54) is 10.9 Å². The normalized spacial score (nSPS) is 15.7. The third kappa shape index (κ3) is 4.74. The molecule has 0 bridgehead atoms. The second-order valence-corrected chi connectivity index (χ2v) is 10.5. The SMILES string of the molecule is CCn1cc(-c2cc(Cn3ccnc3C3CC3)cc3c2CCN(Cc2cc(C)nn2C)C3=O)c(C(F)(F)F)n1. The van der Waals surface area contributed by atoms with Gasteiger partial charge in [0, 0.05) is 62.3 Å². The Morgan fingerprint density at radius 1 is 1.05 bits per heavy atom. The molecular formula is C28H30F3N7O. The summed E-state index contributed by atoms with van der Waals surface area (Å²) in [6.07, 6.45) is 3.08. The first-order chi connectivity index (χ1) is 18.6. The Kier molecular flexibility index (Phi) is 6.11. The third-order valence-electron chi connectivity index (χ3n) is 7.60. The molecule has 0 atom stereocenters. The summed E-state index contributed by atoms with van der Waals surface area (Å²) in [4.78, 5) is 20.1. The number of carbonyl (C=O) groups excluding carboxylic acids is 1. The molecule has 8 nitrogen and oxygen atoms in total. The highest BCUT2D eigenvalue weighted by Crippen LogP contribution is 2.41. The summed E-state index contributed by atoms with van der Waals surface area (Å²) in [6, 6.07) is 5.59. The summed E-state index contributed by atoms with van der Waals surface area (Å²) >= 11 is 0. The molecule has 6 rings (SSSR count). The van der Waals surface area contributed by atoms with Crippen molar-refractivity contribution in [3.05, 3.63) is 76.4 Å². The number of benzene rings is 1. The predicted octanol–water partition coefficient (Wildman–Crippen LogP) is 4.95.